The number of hydrogen-bond donors (Lipinski definition) is 0. The fourth-order valence-corrected chi connectivity index (χ4v) is 1.86. The predicted octanol–water partition coefficient (Wildman–Crippen LogP) is 3.72. The van der Waals surface area contributed by atoms with E-state index in [1.807, 2.05) is 0 Å². The lowest BCUT2D eigenvalue weighted by Gasteiger charge is -2.10. The monoisotopic (exact) mass is 240 g/mol. The molecule has 0 bridgehead atoms. The molecule has 0 heterocycles. The minimum Gasteiger partial charge on any atom is -0.160 e. The van der Waals surface area contributed by atoms with Crippen molar-refractivity contribution in [3.8, 4) is 0 Å². The molecule has 0 unspecified atom stereocenters. The van der Waals surface area contributed by atoms with Gasteiger partial charge in [0.15, 0.2) is 0 Å². The molecular weight excluding hydrogens is 232 g/mol. The van der Waals surface area contributed by atoms with Gasteiger partial charge in [-0.15, -0.1) is 23.2 Å². The van der Waals surface area contributed by atoms with Crippen LogP contribution in [-0.4, -0.2) is 23.0 Å². The van der Waals surface area contributed by atoms with Crippen LogP contribution in [0.3, 0.4) is 0 Å². The van der Waals surface area contributed by atoms with Gasteiger partial charge in [-0.2, -0.15) is 13.2 Å². The topological polar surface area (TPSA) is 0 Å². The van der Waals surface area contributed by atoms with Crippen molar-refractivity contribution in [2.24, 2.45) is 5.92 Å². The average molecular weight is 241 g/mol. The molecule has 0 N–H and O–H groups in total. The van der Waals surface area contributed by atoms with Crippen LogP contribution < -0.4 is 0 Å². The van der Waals surface area contributed by atoms with E-state index in [0.29, 0.717) is 18.2 Å². The molecule has 12 heavy (non-hydrogen) atoms. The van der Waals surface area contributed by atoms with Crippen LogP contribution >= 0.6 is 35.0 Å². The van der Waals surface area contributed by atoms with Gasteiger partial charge in [-0.25, -0.2) is 0 Å². The number of alkyl halides is 5. The lowest BCUT2D eigenvalue weighted by Crippen LogP contribution is -2.08. The maximum Gasteiger partial charge on any atom is 0.441 e. The minimum absolute atomic E-state index is 0.0109. The van der Waals surface area contributed by atoms with Crippen molar-refractivity contribution >= 4 is 35.0 Å². The molecule has 6 heteroatoms. The van der Waals surface area contributed by atoms with Gasteiger partial charge < -0.3 is 0 Å². The molecule has 0 aliphatic rings. The maximum absolute atomic E-state index is 11.6. The summed E-state index contributed by atoms with van der Waals surface area (Å²) in [5.41, 5.74) is -4.14. The van der Waals surface area contributed by atoms with Gasteiger partial charge >= 0.3 is 5.51 Å². The summed E-state index contributed by atoms with van der Waals surface area (Å²) in [5.74, 6) is 0.667. The smallest absolute Gasteiger partial charge is 0.160 e. The third-order valence-electron chi connectivity index (χ3n) is 1.23. The van der Waals surface area contributed by atoms with Gasteiger partial charge in [0.1, 0.15) is 0 Å². The molecule has 74 valence electrons. The Morgan fingerprint density at radius 3 is 2.00 bits per heavy atom. The molecule has 0 amide bonds. The quantitative estimate of drug-likeness (QED) is 0.661. The highest BCUT2D eigenvalue weighted by Gasteiger charge is 2.27. The van der Waals surface area contributed by atoms with Crippen LogP contribution in [0.5, 0.6) is 0 Å². The Labute approximate surface area is 83.8 Å². The number of hydrogen-bond acceptors (Lipinski definition) is 1. The Balaban J connectivity index is 3.41. The van der Waals surface area contributed by atoms with Crippen molar-refractivity contribution in [1.82, 2.24) is 0 Å². The molecule has 0 aliphatic heterocycles. The van der Waals surface area contributed by atoms with Gasteiger partial charge in [0.25, 0.3) is 0 Å². The van der Waals surface area contributed by atoms with Crippen molar-refractivity contribution in [3.05, 3.63) is 0 Å². The molecule has 0 aromatic carbocycles. The lowest BCUT2D eigenvalue weighted by molar-refractivity contribution is -0.0328. The van der Waals surface area contributed by atoms with Gasteiger partial charge in [-0.1, -0.05) is 11.8 Å². The van der Waals surface area contributed by atoms with Crippen LogP contribution in [0.25, 0.3) is 0 Å². The standard InChI is InChI=1S/C6H9Cl2F3S/c7-3-5(4-8)1-2-12-6(9,10)11/h5H,1-4H2. The molecule has 0 nitrogen and oxygen atoms in total. The Morgan fingerprint density at radius 1 is 1.17 bits per heavy atom. The van der Waals surface area contributed by atoms with E-state index in [1.54, 1.807) is 0 Å². The van der Waals surface area contributed by atoms with Gasteiger partial charge in [-0.05, 0) is 12.3 Å². The minimum atomic E-state index is -4.14. The largest absolute Gasteiger partial charge is 0.441 e. The molecule has 0 spiro atoms. The van der Waals surface area contributed by atoms with Gasteiger partial charge in [0.2, 0.25) is 0 Å². The van der Waals surface area contributed by atoms with Gasteiger partial charge in [-0.3, -0.25) is 0 Å². The van der Waals surface area contributed by atoms with E-state index in [0.717, 1.165) is 0 Å². The Morgan fingerprint density at radius 2 is 1.67 bits per heavy atom. The zero-order chi connectivity index (χ0) is 9.61. The van der Waals surface area contributed by atoms with E-state index in [2.05, 4.69) is 0 Å². The summed E-state index contributed by atoms with van der Waals surface area (Å²) in [4.78, 5) is 0. The second-order valence-electron chi connectivity index (χ2n) is 2.26. The Hall–Kier alpha value is 0.720. The molecule has 0 aromatic heterocycles. The number of rotatable bonds is 5. The molecule has 0 fully saturated rings. The highest BCUT2D eigenvalue weighted by molar-refractivity contribution is 8.00. The summed E-state index contributed by atoms with van der Waals surface area (Å²) >= 11 is 10.9. The van der Waals surface area contributed by atoms with Gasteiger partial charge in [0, 0.05) is 17.5 Å². The molecule has 0 radical (unpaired) electrons. The van der Waals surface area contributed by atoms with E-state index in [9.17, 15) is 13.2 Å². The zero-order valence-corrected chi connectivity index (χ0v) is 8.53. The molecule has 0 aliphatic carbocycles. The van der Waals surface area contributed by atoms with Gasteiger partial charge in [0.05, 0.1) is 0 Å². The maximum atomic E-state index is 11.6. The highest BCUT2D eigenvalue weighted by Crippen LogP contribution is 2.31. The van der Waals surface area contributed by atoms with Crippen molar-refractivity contribution in [2.45, 2.75) is 11.9 Å². The first-order valence-corrected chi connectivity index (χ1v) is 5.37. The van der Waals surface area contributed by atoms with Crippen LogP contribution in [0.4, 0.5) is 13.2 Å². The Bertz CT molecular complexity index is 114. The third-order valence-corrected chi connectivity index (χ3v) is 2.87. The summed E-state index contributed by atoms with van der Waals surface area (Å²) in [6, 6.07) is 0. The molecule has 0 atom stereocenters. The van der Waals surface area contributed by atoms with Crippen LogP contribution in [0.1, 0.15) is 6.42 Å². The van der Waals surface area contributed by atoms with E-state index >= 15 is 0 Å². The van der Waals surface area contributed by atoms with Crippen molar-refractivity contribution in [2.75, 3.05) is 17.5 Å². The summed E-state index contributed by atoms with van der Waals surface area (Å²) in [6.07, 6.45) is 0.414. The Kier molecular flexibility index (Phi) is 6.59. The second-order valence-corrected chi connectivity index (χ2v) is 4.03. The van der Waals surface area contributed by atoms with E-state index in [-0.39, 0.29) is 23.4 Å². The first-order valence-electron chi connectivity index (χ1n) is 3.32. The number of thioether (sulfide) groups is 1. The SMILES string of the molecule is FC(F)(F)SCCC(CCl)CCl. The first-order chi connectivity index (χ1) is 5.49. The fraction of sp³-hybridized carbons (Fsp3) is 1.00. The molecule has 0 saturated heterocycles. The molecule has 0 aromatic rings. The number of halogens is 5. The van der Waals surface area contributed by atoms with E-state index < -0.39 is 5.51 Å². The van der Waals surface area contributed by atoms with Crippen LogP contribution in [0.15, 0.2) is 0 Å². The van der Waals surface area contributed by atoms with E-state index in [1.165, 1.54) is 0 Å². The normalized spacial score (nSPS) is 12.5. The second kappa shape index (κ2) is 6.22. The highest BCUT2D eigenvalue weighted by atomic mass is 35.5. The summed E-state index contributed by atoms with van der Waals surface area (Å²) in [6.45, 7) is 0. The van der Waals surface area contributed by atoms with E-state index in [4.69, 9.17) is 23.2 Å². The van der Waals surface area contributed by atoms with Crippen LogP contribution in [0, 0.1) is 5.92 Å². The average Bonchev–Trinajstić information content (AvgIpc) is 1.96. The zero-order valence-electron chi connectivity index (χ0n) is 6.20. The first kappa shape index (κ1) is 12.7. The summed E-state index contributed by atoms with van der Waals surface area (Å²) in [7, 11) is 0. The lowest BCUT2D eigenvalue weighted by atomic mass is 10.2. The van der Waals surface area contributed by atoms with Crippen LogP contribution in [0.2, 0.25) is 0 Å². The van der Waals surface area contributed by atoms with Crippen molar-refractivity contribution in [3.63, 3.8) is 0 Å². The summed E-state index contributed by atoms with van der Waals surface area (Å²) in [5, 5.41) is 0. The molecule has 0 rings (SSSR count). The van der Waals surface area contributed by atoms with Crippen molar-refractivity contribution < 1.29 is 13.2 Å². The molecule has 0 saturated carbocycles. The fourth-order valence-electron chi connectivity index (χ4n) is 0.537. The predicted molar refractivity (Wildman–Crippen MR) is 48.1 cm³/mol. The van der Waals surface area contributed by atoms with Crippen molar-refractivity contribution in [1.29, 1.82) is 0 Å². The molecular formula is C6H9Cl2F3S. The van der Waals surface area contributed by atoms with Crippen LogP contribution in [-0.2, 0) is 0 Å². The summed E-state index contributed by atoms with van der Waals surface area (Å²) < 4.78 is 34.8. The third kappa shape index (κ3) is 7.37.